The molecule has 2 aromatic heterocycles. The SMILES string of the molecule is CCCCCC[n+]1c(O)c(C(=O)N2C=Cc3ccccc3C2C(Cl)(Cl)Cl)n2ccc3ccccc3c21. The maximum atomic E-state index is 14.1. The molecule has 0 saturated heterocycles. The van der Waals surface area contributed by atoms with Crippen LogP contribution in [0.4, 0.5) is 0 Å². The van der Waals surface area contributed by atoms with Crippen LogP contribution in [0.3, 0.4) is 0 Å². The molecule has 1 aliphatic heterocycles. The first-order valence-corrected chi connectivity index (χ1v) is 13.3. The molecule has 0 radical (unpaired) electrons. The number of halogens is 3. The van der Waals surface area contributed by atoms with E-state index in [2.05, 4.69) is 6.92 Å². The summed E-state index contributed by atoms with van der Waals surface area (Å²) in [7, 11) is 0. The van der Waals surface area contributed by atoms with E-state index in [0.29, 0.717) is 6.54 Å². The zero-order chi connectivity index (χ0) is 25.4. The first kappa shape index (κ1) is 24.9. The van der Waals surface area contributed by atoms with Crippen molar-refractivity contribution in [3.05, 3.63) is 83.8 Å². The van der Waals surface area contributed by atoms with Crippen LogP contribution in [0.2, 0.25) is 0 Å². The standard InChI is InChI=1S/C28H26Cl3N3O2/c1-2-3-4-9-16-34-25-22-13-8-6-11-20(22)14-17-32(25)23(27(34)36)26(35)33-18-15-19-10-5-7-12-21(19)24(33)28(29,30)31/h5-8,10-15,17-18,24H,2-4,9,16H2,1H3/p+1. The van der Waals surface area contributed by atoms with Gasteiger partial charge in [0, 0.05) is 6.20 Å². The Kier molecular flexibility index (Phi) is 6.90. The molecule has 8 heteroatoms. The number of carbonyl (C=O) groups excluding carboxylic acids is 1. The number of amides is 1. The van der Waals surface area contributed by atoms with Gasteiger partial charge in [0.15, 0.2) is 0 Å². The van der Waals surface area contributed by atoms with Gasteiger partial charge in [-0.3, -0.25) is 9.69 Å². The number of benzene rings is 2. The van der Waals surface area contributed by atoms with Gasteiger partial charge in [0.25, 0.3) is 11.3 Å². The summed E-state index contributed by atoms with van der Waals surface area (Å²) in [5.41, 5.74) is 2.50. The molecule has 1 unspecified atom stereocenters. The molecule has 1 aliphatic rings. The molecule has 4 aromatic rings. The molecule has 0 bridgehead atoms. The summed E-state index contributed by atoms with van der Waals surface area (Å²) < 4.78 is 1.79. The fourth-order valence-corrected chi connectivity index (χ4v) is 5.72. The number of aryl methyl sites for hydroxylation is 1. The highest BCUT2D eigenvalue weighted by molar-refractivity contribution is 6.68. The van der Waals surface area contributed by atoms with Crippen molar-refractivity contribution in [3.63, 3.8) is 0 Å². The summed E-state index contributed by atoms with van der Waals surface area (Å²) in [6.07, 6.45) is 9.41. The van der Waals surface area contributed by atoms with E-state index >= 15 is 0 Å². The molecule has 2 aromatic carbocycles. The van der Waals surface area contributed by atoms with Gasteiger partial charge in [0.05, 0.1) is 18.1 Å². The van der Waals surface area contributed by atoms with Crippen LogP contribution in [0.25, 0.3) is 22.5 Å². The number of unbranched alkanes of at least 4 members (excludes halogenated alkanes) is 3. The van der Waals surface area contributed by atoms with Crippen molar-refractivity contribution in [1.82, 2.24) is 9.30 Å². The lowest BCUT2D eigenvalue weighted by Crippen LogP contribution is -2.40. The average molecular weight is 544 g/mol. The highest BCUT2D eigenvalue weighted by Crippen LogP contribution is 2.47. The molecule has 1 N–H and O–H groups in total. The normalized spacial score (nSPS) is 15.6. The molecule has 0 spiro atoms. The second-order valence-corrected chi connectivity index (χ2v) is 11.5. The number of hydrogen-bond donors (Lipinski definition) is 1. The first-order chi connectivity index (χ1) is 17.3. The van der Waals surface area contributed by atoms with Crippen molar-refractivity contribution in [3.8, 4) is 5.88 Å². The Morgan fingerprint density at radius 2 is 1.78 bits per heavy atom. The minimum Gasteiger partial charge on any atom is -0.475 e. The van der Waals surface area contributed by atoms with Crippen molar-refractivity contribution >= 4 is 63.2 Å². The Hall–Kier alpha value is -2.73. The lowest BCUT2D eigenvalue weighted by Gasteiger charge is -2.36. The maximum absolute atomic E-state index is 14.1. The molecule has 5 nitrogen and oxygen atoms in total. The van der Waals surface area contributed by atoms with E-state index in [-0.39, 0.29) is 11.6 Å². The molecule has 0 saturated carbocycles. The molecule has 0 aliphatic carbocycles. The Labute approximate surface area is 225 Å². The highest BCUT2D eigenvalue weighted by atomic mass is 35.6. The molecule has 3 heterocycles. The van der Waals surface area contributed by atoms with Gasteiger partial charge in [0.1, 0.15) is 6.04 Å². The van der Waals surface area contributed by atoms with Gasteiger partial charge in [-0.1, -0.05) is 97.0 Å². The number of carbonyl (C=O) groups is 1. The predicted molar refractivity (Wildman–Crippen MR) is 146 cm³/mol. The summed E-state index contributed by atoms with van der Waals surface area (Å²) in [6, 6.07) is 16.5. The minimum atomic E-state index is -1.79. The number of nitrogens with zero attached hydrogens (tertiary/aromatic N) is 3. The Morgan fingerprint density at radius 3 is 2.56 bits per heavy atom. The van der Waals surface area contributed by atoms with Gasteiger partial charge in [-0.2, -0.15) is 8.97 Å². The molecule has 5 rings (SSSR count). The largest absolute Gasteiger partial charge is 0.475 e. The Balaban J connectivity index is 1.67. The van der Waals surface area contributed by atoms with Crippen LogP contribution < -0.4 is 4.57 Å². The van der Waals surface area contributed by atoms with Crippen molar-refractivity contribution in [2.75, 3.05) is 0 Å². The molecular formula is C28H27Cl3N3O2+. The number of alkyl halides is 3. The lowest BCUT2D eigenvalue weighted by molar-refractivity contribution is -0.676. The van der Waals surface area contributed by atoms with Crippen LogP contribution in [0.5, 0.6) is 5.88 Å². The number of imidazole rings is 1. The smallest absolute Gasteiger partial charge is 0.337 e. The van der Waals surface area contributed by atoms with E-state index in [1.54, 1.807) is 10.6 Å². The Morgan fingerprint density at radius 1 is 1.03 bits per heavy atom. The zero-order valence-electron chi connectivity index (χ0n) is 19.9. The van der Waals surface area contributed by atoms with Crippen LogP contribution in [-0.4, -0.2) is 24.1 Å². The topological polar surface area (TPSA) is 48.8 Å². The minimum absolute atomic E-state index is 0.0943. The van der Waals surface area contributed by atoms with Crippen LogP contribution >= 0.6 is 34.8 Å². The molecule has 186 valence electrons. The molecular weight excluding hydrogens is 517 g/mol. The predicted octanol–water partition coefficient (Wildman–Crippen LogP) is 7.20. The third kappa shape index (κ3) is 4.34. The molecule has 1 amide bonds. The summed E-state index contributed by atoms with van der Waals surface area (Å²) in [5, 5.41) is 13.5. The number of hydrogen-bond acceptors (Lipinski definition) is 2. The summed E-state index contributed by atoms with van der Waals surface area (Å²) in [5.74, 6) is -0.546. The van der Waals surface area contributed by atoms with Gasteiger partial charge < -0.3 is 5.11 Å². The van der Waals surface area contributed by atoms with E-state index in [4.69, 9.17) is 34.8 Å². The summed E-state index contributed by atoms with van der Waals surface area (Å²) in [4.78, 5) is 15.5. The number of aromatic nitrogens is 2. The van der Waals surface area contributed by atoms with Gasteiger partial charge >= 0.3 is 11.8 Å². The van der Waals surface area contributed by atoms with E-state index < -0.39 is 15.7 Å². The van der Waals surface area contributed by atoms with Crippen LogP contribution in [0, 0.1) is 0 Å². The summed E-state index contributed by atoms with van der Waals surface area (Å²) in [6.45, 7) is 2.75. The number of aromatic hydroxyl groups is 1. The maximum Gasteiger partial charge on any atom is 0.337 e. The van der Waals surface area contributed by atoms with Gasteiger partial charge in [0.2, 0.25) is 3.79 Å². The first-order valence-electron chi connectivity index (χ1n) is 12.1. The average Bonchev–Trinajstić information content (AvgIpc) is 3.16. The monoisotopic (exact) mass is 542 g/mol. The van der Waals surface area contributed by atoms with Crippen molar-refractivity contribution < 1.29 is 14.5 Å². The van der Waals surface area contributed by atoms with Crippen LogP contribution in [-0.2, 0) is 6.54 Å². The number of pyridine rings is 1. The fraction of sp³-hybridized carbons (Fsp3) is 0.286. The van der Waals surface area contributed by atoms with E-state index in [9.17, 15) is 9.90 Å². The third-order valence-electron chi connectivity index (χ3n) is 6.76. The van der Waals surface area contributed by atoms with Gasteiger partial charge in [-0.25, -0.2) is 0 Å². The number of rotatable bonds is 6. The van der Waals surface area contributed by atoms with Crippen LogP contribution in [0.1, 0.15) is 60.3 Å². The Bertz CT molecular complexity index is 1470. The molecule has 0 fully saturated rings. The van der Waals surface area contributed by atoms with Gasteiger partial charge in [-0.15, -0.1) is 0 Å². The lowest BCUT2D eigenvalue weighted by atomic mass is 9.96. The fourth-order valence-electron chi connectivity index (χ4n) is 5.05. The van der Waals surface area contributed by atoms with Crippen LogP contribution in [0.15, 0.2) is 67.0 Å². The van der Waals surface area contributed by atoms with Gasteiger partial charge in [-0.05, 0) is 47.6 Å². The second-order valence-electron chi connectivity index (χ2n) is 9.08. The number of fused-ring (bicyclic) bond motifs is 4. The van der Waals surface area contributed by atoms with E-state index in [1.165, 1.54) is 4.90 Å². The molecule has 36 heavy (non-hydrogen) atoms. The third-order valence-corrected chi connectivity index (χ3v) is 7.38. The van der Waals surface area contributed by atoms with Crippen molar-refractivity contribution in [2.24, 2.45) is 0 Å². The van der Waals surface area contributed by atoms with Crippen molar-refractivity contribution in [2.45, 2.75) is 49.0 Å². The van der Waals surface area contributed by atoms with E-state index in [1.807, 2.05) is 71.4 Å². The summed E-state index contributed by atoms with van der Waals surface area (Å²) >= 11 is 19.3. The quantitative estimate of drug-likeness (QED) is 0.159. The van der Waals surface area contributed by atoms with E-state index in [0.717, 1.165) is 53.2 Å². The highest BCUT2D eigenvalue weighted by Gasteiger charge is 2.45. The zero-order valence-corrected chi connectivity index (χ0v) is 22.1. The second kappa shape index (κ2) is 9.97. The van der Waals surface area contributed by atoms with Crippen molar-refractivity contribution in [1.29, 1.82) is 0 Å². The molecule has 1 atom stereocenters.